The van der Waals surface area contributed by atoms with E-state index in [1.807, 2.05) is 13.0 Å². The van der Waals surface area contributed by atoms with Gasteiger partial charge in [0.15, 0.2) is 0 Å². The van der Waals surface area contributed by atoms with E-state index < -0.39 is 0 Å². The molecule has 1 aliphatic carbocycles. The number of ether oxygens (including phenoxy) is 1. The molecule has 15 heavy (non-hydrogen) atoms. The molecule has 0 saturated heterocycles. The number of hydrogen-bond acceptors (Lipinski definition) is 3. The predicted molar refractivity (Wildman–Crippen MR) is 56.0 cm³/mol. The first kappa shape index (κ1) is 11.6. The standard InChI is InChI=1S/C10H15N3O2/c1-3-15-10(14)8-6-4-5-7(2)9(8)12-13-11/h6-7,9H,3-5H2,1-2H3/t7-,9-/m1/s1. The van der Waals surface area contributed by atoms with Gasteiger partial charge in [-0.15, -0.1) is 0 Å². The summed E-state index contributed by atoms with van der Waals surface area (Å²) in [6.45, 7) is 4.08. The fourth-order valence-electron chi connectivity index (χ4n) is 1.74. The van der Waals surface area contributed by atoms with Crippen molar-refractivity contribution in [1.29, 1.82) is 0 Å². The van der Waals surface area contributed by atoms with Crippen molar-refractivity contribution in [2.45, 2.75) is 32.7 Å². The number of allylic oxidation sites excluding steroid dienone is 1. The molecule has 1 aliphatic rings. The Hall–Kier alpha value is -1.48. The van der Waals surface area contributed by atoms with E-state index in [2.05, 4.69) is 10.0 Å². The molecule has 0 bridgehead atoms. The Bertz CT molecular complexity index is 319. The SMILES string of the molecule is CCOC(=O)C1=CCC[C@@H](C)[C@H]1N=[N+]=[N-]. The Morgan fingerprint density at radius 3 is 3.13 bits per heavy atom. The molecule has 82 valence electrons. The summed E-state index contributed by atoms with van der Waals surface area (Å²) in [7, 11) is 0. The molecular formula is C10H15N3O2. The summed E-state index contributed by atoms with van der Waals surface area (Å²) >= 11 is 0. The van der Waals surface area contributed by atoms with Gasteiger partial charge >= 0.3 is 5.97 Å². The highest BCUT2D eigenvalue weighted by Gasteiger charge is 2.28. The van der Waals surface area contributed by atoms with Gasteiger partial charge in [0.05, 0.1) is 12.6 Å². The zero-order valence-electron chi connectivity index (χ0n) is 9.01. The summed E-state index contributed by atoms with van der Waals surface area (Å²) in [5, 5.41) is 3.66. The second-order valence-electron chi connectivity index (χ2n) is 3.58. The van der Waals surface area contributed by atoms with Crippen molar-refractivity contribution in [3.8, 4) is 0 Å². The Kier molecular flexibility index (Phi) is 4.18. The van der Waals surface area contributed by atoms with Crippen LogP contribution in [0.2, 0.25) is 0 Å². The van der Waals surface area contributed by atoms with Crippen LogP contribution < -0.4 is 0 Å². The van der Waals surface area contributed by atoms with Gasteiger partial charge in [-0.1, -0.05) is 18.1 Å². The van der Waals surface area contributed by atoms with Crippen LogP contribution in [0.4, 0.5) is 0 Å². The third-order valence-corrected chi connectivity index (χ3v) is 2.53. The molecule has 0 unspecified atom stereocenters. The van der Waals surface area contributed by atoms with E-state index in [-0.39, 0.29) is 17.9 Å². The van der Waals surface area contributed by atoms with Gasteiger partial charge in [0.2, 0.25) is 0 Å². The molecule has 0 fully saturated rings. The van der Waals surface area contributed by atoms with E-state index in [1.54, 1.807) is 6.92 Å². The number of nitrogens with zero attached hydrogens (tertiary/aromatic N) is 3. The predicted octanol–water partition coefficient (Wildman–Crippen LogP) is 2.58. The first-order chi connectivity index (χ1) is 7.20. The van der Waals surface area contributed by atoms with Crippen molar-refractivity contribution >= 4 is 5.97 Å². The van der Waals surface area contributed by atoms with Crippen LogP contribution >= 0.6 is 0 Å². The minimum absolute atomic E-state index is 0.199. The maximum absolute atomic E-state index is 11.6. The third-order valence-electron chi connectivity index (χ3n) is 2.53. The normalized spacial score (nSPS) is 25.1. The molecule has 0 aromatic carbocycles. The van der Waals surface area contributed by atoms with Gasteiger partial charge in [0, 0.05) is 10.5 Å². The fourth-order valence-corrected chi connectivity index (χ4v) is 1.74. The van der Waals surface area contributed by atoms with E-state index in [1.165, 1.54) is 0 Å². The van der Waals surface area contributed by atoms with Crippen molar-refractivity contribution in [2.24, 2.45) is 11.0 Å². The average Bonchev–Trinajstić information content (AvgIpc) is 2.21. The summed E-state index contributed by atoms with van der Waals surface area (Å²) in [6.07, 6.45) is 3.59. The minimum atomic E-state index is -0.372. The van der Waals surface area contributed by atoms with Crippen molar-refractivity contribution in [3.05, 3.63) is 22.1 Å². The number of rotatable bonds is 3. The van der Waals surface area contributed by atoms with Gasteiger partial charge in [-0.3, -0.25) is 0 Å². The van der Waals surface area contributed by atoms with E-state index >= 15 is 0 Å². The Balaban J connectivity index is 2.87. The third kappa shape index (κ3) is 2.73. The Labute approximate surface area is 88.7 Å². The molecule has 0 heterocycles. The van der Waals surface area contributed by atoms with Gasteiger partial charge in [0.1, 0.15) is 0 Å². The minimum Gasteiger partial charge on any atom is -0.463 e. The highest BCUT2D eigenvalue weighted by Crippen LogP contribution is 2.27. The zero-order valence-corrected chi connectivity index (χ0v) is 9.01. The van der Waals surface area contributed by atoms with Crippen LogP contribution in [0.1, 0.15) is 26.7 Å². The summed E-state index contributed by atoms with van der Waals surface area (Å²) < 4.78 is 4.92. The van der Waals surface area contributed by atoms with E-state index in [9.17, 15) is 4.79 Å². The summed E-state index contributed by atoms with van der Waals surface area (Å²) in [5.74, 6) is -0.160. The van der Waals surface area contributed by atoms with Crippen LogP contribution in [0.25, 0.3) is 10.4 Å². The second kappa shape index (κ2) is 5.41. The quantitative estimate of drug-likeness (QED) is 0.310. The summed E-state index contributed by atoms with van der Waals surface area (Å²) in [4.78, 5) is 14.3. The molecule has 5 heteroatoms. The number of carbonyl (C=O) groups excluding carboxylic acids is 1. The lowest BCUT2D eigenvalue weighted by atomic mass is 9.85. The van der Waals surface area contributed by atoms with Gasteiger partial charge in [-0.25, -0.2) is 4.79 Å². The summed E-state index contributed by atoms with van der Waals surface area (Å²) in [5.41, 5.74) is 8.95. The highest BCUT2D eigenvalue weighted by atomic mass is 16.5. The maximum Gasteiger partial charge on any atom is 0.334 e. The lowest BCUT2D eigenvalue weighted by Gasteiger charge is -2.24. The highest BCUT2D eigenvalue weighted by molar-refractivity contribution is 5.90. The molecule has 2 atom stereocenters. The molecule has 0 radical (unpaired) electrons. The second-order valence-corrected chi connectivity index (χ2v) is 3.58. The largest absolute Gasteiger partial charge is 0.463 e. The van der Waals surface area contributed by atoms with Crippen molar-refractivity contribution in [1.82, 2.24) is 0 Å². The molecule has 0 saturated carbocycles. The number of esters is 1. The van der Waals surface area contributed by atoms with Crippen LogP contribution in [-0.4, -0.2) is 18.6 Å². The maximum atomic E-state index is 11.6. The lowest BCUT2D eigenvalue weighted by Crippen LogP contribution is -2.27. The molecule has 0 aromatic heterocycles. The number of carbonyl (C=O) groups is 1. The van der Waals surface area contributed by atoms with Crippen LogP contribution in [0.15, 0.2) is 16.8 Å². The molecule has 0 aromatic rings. The van der Waals surface area contributed by atoms with Gasteiger partial charge in [-0.2, -0.15) is 0 Å². The Morgan fingerprint density at radius 1 is 1.80 bits per heavy atom. The van der Waals surface area contributed by atoms with Crippen LogP contribution in [0, 0.1) is 5.92 Å². The molecular weight excluding hydrogens is 194 g/mol. The molecule has 5 nitrogen and oxygen atoms in total. The molecule has 0 amide bonds. The number of azide groups is 1. The van der Waals surface area contributed by atoms with Gasteiger partial charge in [0.25, 0.3) is 0 Å². The van der Waals surface area contributed by atoms with Crippen molar-refractivity contribution in [2.75, 3.05) is 6.61 Å². The molecule has 0 spiro atoms. The fraction of sp³-hybridized carbons (Fsp3) is 0.700. The molecule has 0 aliphatic heterocycles. The average molecular weight is 209 g/mol. The van der Waals surface area contributed by atoms with Crippen LogP contribution in [0.5, 0.6) is 0 Å². The van der Waals surface area contributed by atoms with E-state index in [4.69, 9.17) is 10.3 Å². The zero-order chi connectivity index (χ0) is 11.3. The molecule has 1 rings (SSSR count). The van der Waals surface area contributed by atoms with Crippen molar-refractivity contribution in [3.63, 3.8) is 0 Å². The van der Waals surface area contributed by atoms with Crippen LogP contribution in [-0.2, 0) is 9.53 Å². The van der Waals surface area contributed by atoms with Gasteiger partial charge < -0.3 is 4.74 Å². The van der Waals surface area contributed by atoms with E-state index in [0.29, 0.717) is 12.2 Å². The number of hydrogen-bond donors (Lipinski definition) is 0. The smallest absolute Gasteiger partial charge is 0.334 e. The molecule has 0 N–H and O–H groups in total. The first-order valence-electron chi connectivity index (χ1n) is 5.12. The van der Waals surface area contributed by atoms with Crippen LogP contribution in [0.3, 0.4) is 0 Å². The Morgan fingerprint density at radius 2 is 2.53 bits per heavy atom. The lowest BCUT2D eigenvalue weighted by molar-refractivity contribution is -0.139. The van der Waals surface area contributed by atoms with Crippen molar-refractivity contribution < 1.29 is 9.53 Å². The summed E-state index contributed by atoms with van der Waals surface area (Å²) in [6, 6.07) is -0.372. The first-order valence-corrected chi connectivity index (χ1v) is 5.12. The monoisotopic (exact) mass is 209 g/mol. The van der Waals surface area contributed by atoms with E-state index in [0.717, 1.165) is 12.8 Å². The topological polar surface area (TPSA) is 75.1 Å². The van der Waals surface area contributed by atoms with Gasteiger partial charge in [-0.05, 0) is 31.2 Å².